The van der Waals surface area contributed by atoms with Crippen LogP contribution in [-0.2, 0) is 6.54 Å². The van der Waals surface area contributed by atoms with Crippen molar-refractivity contribution in [2.24, 2.45) is 5.92 Å². The van der Waals surface area contributed by atoms with Gasteiger partial charge in [-0.3, -0.25) is 4.90 Å². The van der Waals surface area contributed by atoms with E-state index in [0.29, 0.717) is 16.8 Å². The molecule has 0 radical (unpaired) electrons. The number of halogens is 1. The third-order valence-corrected chi connectivity index (χ3v) is 4.56. The van der Waals surface area contributed by atoms with Gasteiger partial charge in [0, 0.05) is 12.6 Å². The number of phenols is 1. The molecule has 0 aromatic heterocycles. The molecule has 112 valence electrons. The fourth-order valence-electron chi connectivity index (χ4n) is 3.09. The van der Waals surface area contributed by atoms with E-state index in [-0.39, 0.29) is 5.75 Å². The smallest absolute Gasteiger partial charge is 0.176 e. The van der Waals surface area contributed by atoms with E-state index in [4.69, 9.17) is 16.3 Å². The van der Waals surface area contributed by atoms with E-state index in [1.165, 1.54) is 25.7 Å². The average Bonchev–Trinajstić information content (AvgIpc) is 2.42. The quantitative estimate of drug-likeness (QED) is 0.909. The fourth-order valence-corrected chi connectivity index (χ4v) is 3.33. The average molecular weight is 298 g/mol. The highest BCUT2D eigenvalue weighted by Crippen LogP contribution is 2.35. The van der Waals surface area contributed by atoms with Crippen LogP contribution < -0.4 is 4.74 Å². The van der Waals surface area contributed by atoms with Gasteiger partial charge in [-0.2, -0.15) is 0 Å². The number of rotatable bonds is 4. The van der Waals surface area contributed by atoms with Crippen molar-refractivity contribution in [2.45, 2.75) is 45.2 Å². The summed E-state index contributed by atoms with van der Waals surface area (Å²) in [5, 5.41) is 10.1. The summed E-state index contributed by atoms with van der Waals surface area (Å²) < 4.78 is 5.16. The van der Waals surface area contributed by atoms with Crippen molar-refractivity contribution in [1.82, 2.24) is 4.90 Å². The summed E-state index contributed by atoms with van der Waals surface area (Å²) in [7, 11) is 3.71. The Labute approximate surface area is 126 Å². The van der Waals surface area contributed by atoms with Gasteiger partial charge in [0.05, 0.1) is 12.1 Å². The van der Waals surface area contributed by atoms with Crippen LogP contribution in [0.2, 0.25) is 5.02 Å². The number of ether oxygens (including phenoxy) is 1. The Morgan fingerprint density at radius 1 is 1.40 bits per heavy atom. The number of methoxy groups -OCH3 is 1. The molecule has 2 rings (SSSR count). The molecule has 3 nitrogen and oxygen atoms in total. The predicted octanol–water partition coefficient (Wildman–Crippen LogP) is 4.06. The summed E-state index contributed by atoms with van der Waals surface area (Å²) in [6, 6.07) is 4.32. The minimum atomic E-state index is 0.0202. The molecule has 20 heavy (non-hydrogen) atoms. The van der Waals surface area contributed by atoms with Crippen molar-refractivity contribution in [1.29, 1.82) is 0 Å². The van der Waals surface area contributed by atoms with E-state index in [9.17, 15) is 5.11 Å². The Bertz CT molecular complexity index is 464. The normalized spacial score (nSPS) is 23.1. The van der Waals surface area contributed by atoms with Crippen molar-refractivity contribution in [3.8, 4) is 11.5 Å². The standard InChI is InChI=1S/C16H24ClNO2/c1-11-5-4-6-13(7-11)18(2)10-12-8-14(17)16(19)15(9-12)20-3/h8-9,11,13,19H,4-7,10H2,1-3H3. The summed E-state index contributed by atoms with van der Waals surface area (Å²) in [6.07, 6.45) is 5.20. The SMILES string of the molecule is COc1cc(CN(C)C2CCCC(C)C2)cc(Cl)c1O. The largest absolute Gasteiger partial charge is 0.503 e. The van der Waals surface area contributed by atoms with Gasteiger partial charge in [0.15, 0.2) is 11.5 Å². The van der Waals surface area contributed by atoms with E-state index in [1.54, 1.807) is 7.11 Å². The third kappa shape index (κ3) is 3.58. The molecule has 1 N–H and O–H groups in total. The Morgan fingerprint density at radius 2 is 2.15 bits per heavy atom. The number of aromatic hydroxyl groups is 1. The molecule has 0 spiro atoms. The first-order valence-electron chi connectivity index (χ1n) is 7.27. The number of hydrogen-bond donors (Lipinski definition) is 1. The van der Waals surface area contributed by atoms with Gasteiger partial charge in [-0.05, 0) is 43.5 Å². The van der Waals surface area contributed by atoms with Crippen molar-refractivity contribution < 1.29 is 9.84 Å². The van der Waals surface area contributed by atoms with Crippen LogP contribution in [-0.4, -0.2) is 30.2 Å². The Balaban J connectivity index is 2.07. The van der Waals surface area contributed by atoms with Gasteiger partial charge in [0.25, 0.3) is 0 Å². The molecule has 0 bridgehead atoms. The number of benzene rings is 1. The van der Waals surface area contributed by atoms with Crippen molar-refractivity contribution in [3.63, 3.8) is 0 Å². The van der Waals surface area contributed by atoms with Gasteiger partial charge in [-0.25, -0.2) is 0 Å². The van der Waals surface area contributed by atoms with E-state index in [1.807, 2.05) is 12.1 Å². The molecule has 0 saturated heterocycles. The van der Waals surface area contributed by atoms with Crippen molar-refractivity contribution in [2.75, 3.05) is 14.2 Å². The van der Waals surface area contributed by atoms with Crippen LogP contribution in [0.1, 0.15) is 38.2 Å². The maximum absolute atomic E-state index is 9.77. The summed E-state index contributed by atoms with van der Waals surface area (Å²) in [5.41, 5.74) is 1.07. The number of phenolic OH excluding ortho intramolecular Hbond substituents is 1. The third-order valence-electron chi connectivity index (χ3n) is 4.27. The van der Waals surface area contributed by atoms with Gasteiger partial charge < -0.3 is 9.84 Å². The number of nitrogens with zero attached hydrogens (tertiary/aromatic N) is 1. The number of hydrogen-bond acceptors (Lipinski definition) is 3. The zero-order valence-corrected chi connectivity index (χ0v) is 13.3. The summed E-state index contributed by atoms with van der Waals surface area (Å²) >= 11 is 6.04. The molecule has 1 aromatic carbocycles. The lowest BCUT2D eigenvalue weighted by Gasteiger charge is -2.34. The second kappa shape index (κ2) is 6.68. The highest BCUT2D eigenvalue weighted by molar-refractivity contribution is 6.32. The summed E-state index contributed by atoms with van der Waals surface area (Å²) in [5.74, 6) is 1.28. The van der Waals surface area contributed by atoms with Crippen LogP contribution in [0.3, 0.4) is 0 Å². The molecule has 0 amide bonds. The first-order chi connectivity index (χ1) is 9.51. The second-order valence-corrected chi connectivity index (χ2v) is 6.38. The highest BCUT2D eigenvalue weighted by Gasteiger charge is 2.22. The molecule has 0 heterocycles. The molecule has 2 atom stereocenters. The molecule has 2 unspecified atom stereocenters. The molecular formula is C16H24ClNO2. The van der Waals surface area contributed by atoms with Crippen LogP contribution in [0.15, 0.2) is 12.1 Å². The predicted molar refractivity (Wildman–Crippen MR) is 82.6 cm³/mol. The van der Waals surface area contributed by atoms with Gasteiger partial charge in [0.2, 0.25) is 0 Å². The van der Waals surface area contributed by atoms with Gasteiger partial charge in [-0.15, -0.1) is 0 Å². The molecule has 1 aliphatic rings. The first kappa shape index (κ1) is 15.5. The Hall–Kier alpha value is -0.930. The van der Waals surface area contributed by atoms with Gasteiger partial charge in [-0.1, -0.05) is 31.4 Å². The van der Waals surface area contributed by atoms with Crippen LogP contribution in [0.25, 0.3) is 0 Å². The molecule has 4 heteroatoms. The molecule has 1 aromatic rings. The fraction of sp³-hybridized carbons (Fsp3) is 0.625. The van der Waals surface area contributed by atoms with Crippen LogP contribution >= 0.6 is 11.6 Å². The maximum atomic E-state index is 9.77. The molecular weight excluding hydrogens is 274 g/mol. The zero-order chi connectivity index (χ0) is 14.7. The summed E-state index contributed by atoms with van der Waals surface area (Å²) in [4.78, 5) is 2.39. The van der Waals surface area contributed by atoms with Gasteiger partial charge >= 0.3 is 0 Å². The molecule has 1 fully saturated rings. The Kier molecular flexibility index (Phi) is 5.17. The summed E-state index contributed by atoms with van der Waals surface area (Å²) in [6.45, 7) is 3.16. The second-order valence-electron chi connectivity index (χ2n) is 5.97. The van der Waals surface area contributed by atoms with E-state index >= 15 is 0 Å². The van der Waals surface area contributed by atoms with Crippen LogP contribution in [0.5, 0.6) is 11.5 Å². The zero-order valence-electron chi connectivity index (χ0n) is 12.5. The van der Waals surface area contributed by atoms with Crippen molar-refractivity contribution >= 4 is 11.6 Å². The Morgan fingerprint density at radius 3 is 2.80 bits per heavy atom. The van der Waals surface area contributed by atoms with E-state index in [2.05, 4.69) is 18.9 Å². The highest BCUT2D eigenvalue weighted by atomic mass is 35.5. The first-order valence-corrected chi connectivity index (χ1v) is 7.64. The monoisotopic (exact) mass is 297 g/mol. The lowest BCUT2D eigenvalue weighted by atomic mass is 9.86. The van der Waals surface area contributed by atoms with E-state index in [0.717, 1.165) is 18.0 Å². The maximum Gasteiger partial charge on any atom is 0.176 e. The van der Waals surface area contributed by atoms with Gasteiger partial charge in [0.1, 0.15) is 0 Å². The van der Waals surface area contributed by atoms with Crippen molar-refractivity contribution in [3.05, 3.63) is 22.7 Å². The minimum Gasteiger partial charge on any atom is -0.503 e. The molecule has 1 aliphatic carbocycles. The van der Waals surface area contributed by atoms with E-state index < -0.39 is 0 Å². The van der Waals surface area contributed by atoms with Crippen LogP contribution in [0, 0.1) is 5.92 Å². The molecule has 0 aliphatic heterocycles. The lowest BCUT2D eigenvalue weighted by Crippen LogP contribution is -2.35. The topological polar surface area (TPSA) is 32.7 Å². The minimum absolute atomic E-state index is 0.0202. The molecule has 1 saturated carbocycles. The lowest BCUT2D eigenvalue weighted by molar-refractivity contribution is 0.157. The van der Waals surface area contributed by atoms with Crippen LogP contribution in [0.4, 0.5) is 0 Å².